The minimum Gasteiger partial charge on any atom is -0.299 e. The van der Waals surface area contributed by atoms with Crippen LogP contribution in [0.4, 0.5) is 0 Å². The molecule has 2 heterocycles. The zero-order valence-electron chi connectivity index (χ0n) is 10.4. The molecule has 0 atom stereocenters. The van der Waals surface area contributed by atoms with Gasteiger partial charge in [-0.1, -0.05) is 12.5 Å². The quantitative estimate of drug-likeness (QED) is 0.614. The van der Waals surface area contributed by atoms with Crippen LogP contribution in [0.1, 0.15) is 19.3 Å². The number of thiophene rings is 1. The Morgan fingerprint density at radius 1 is 1.44 bits per heavy atom. The zero-order valence-corrected chi connectivity index (χ0v) is 12.8. The Morgan fingerprint density at radius 3 is 3.06 bits per heavy atom. The van der Waals surface area contributed by atoms with Crippen LogP contribution in [0.3, 0.4) is 0 Å². The van der Waals surface area contributed by atoms with Crippen molar-refractivity contribution in [3.63, 3.8) is 0 Å². The van der Waals surface area contributed by atoms with E-state index in [9.17, 15) is 0 Å². The maximum Gasteiger partial charge on any atom is 0.195 e. The molecule has 0 saturated carbocycles. The van der Waals surface area contributed by atoms with Crippen LogP contribution in [0.2, 0.25) is 0 Å². The van der Waals surface area contributed by atoms with Crippen molar-refractivity contribution in [3.05, 3.63) is 22.3 Å². The average molecular weight is 299 g/mol. The van der Waals surface area contributed by atoms with Gasteiger partial charge in [-0.2, -0.15) is 16.9 Å². The lowest BCUT2D eigenvalue weighted by atomic mass is 10.2. The van der Waals surface area contributed by atoms with E-state index in [-0.39, 0.29) is 0 Å². The van der Waals surface area contributed by atoms with Gasteiger partial charge in [0.15, 0.2) is 10.6 Å². The van der Waals surface area contributed by atoms with Crippen molar-refractivity contribution in [2.75, 3.05) is 12.0 Å². The molecule has 0 aromatic carbocycles. The van der Waals surface area contributed by atoms with Crippen LogP contribution in [0.25, 0.3) is 10.7 Å². The smallest absolute Gasteiger partial charge is 0.195 e. The van der Waals surface area contributed by atoms with Gasteiger partial charge in [0.1, 0.15) is 0 Å². The molecule has 0 radical (unpaired) electrons. The van der Waals surface area contributed by atoms with Crippen LogP contribution in [-0.2, 0) is 6.54 Å². The number of hydrogen-bond donors (Lipinski definition) is 1. The first-order valence-corrected chi connectivity index (χ1v) is 8.69. The van der Waals surface area contributed by atoms with Gasteiger partial charge in [-0.25, -0.2) is 0 Å². The van der Waals surface area contributed by atoms with Gasteiger partial charge in [0.05, 0.1) is 4.88 Å². The molecule has 2 aromatic rings. The number of thioether (sulfide) groups is 1. The summed E-state index contributed by atoms with van der Waals surface area (Å²) in [4.78, 5) is 1.17. The molecule has 2 rings (SSSR count). The van der Waals surface area contributed by atoms with E-state index in [1.807, 2.05) is 17.8 Å². The van der Waals surface area contributed by atoms with Crippen molar-refractivity contribution in [2.24, 2.45) is 0 Å². The lowest BCUT2D eigenvalue weighted by Gasteiger charge is -2.05. The van der Waals surface area contributed by atoms with E-state index in [4.69, 9.17) is 12.2 Å². The highest BCUT2D eigenvalue weighted by Gasteiger charge is 2.08. The van der Waals surface area contributed by atoms with E-state index >= 15 is 0 Å². The number of unbranched alkanes of at least 4 members (excludes halogenated alkanes) is 2. The van der Waals surface area contributed by atoms with E-state index in [2.05, 4.69) is 32.5 Å². The highest BCUT2D eigenvalue weighted by molar-refractivity contribution is 7.98. The Hall–Kier alpha value is -0.590. The number of nitrogens with one attached hydrogen (secondary N) is 1. The Morgan fingerprint density at radius 2 is 2.33 bits per heavy atom. The number of H-pyrrole nitrogens is 1. The first kappa shape index (κ1) is 13.8. The van der Waals surface area contributed by atoms with Gasteiger partial charge in [-0.15, -0.1) is 11.3 Å². The minimum absolute atomic E-state index is 0.725. The van der Waals surface area contributed by atoms with E-state index in [0.717, 1.165) is 23.6 Å². The van der Waals surface area contributed by atoms with Crippen LogP contribution < -0.4 is 0 Å². The zero-order chi connectivity index (χ0) is 12.8. The summed E-state index contributed by atoms with van der Waals surface area (Å²) in [6, 6.07) is 4.13. The monoisotopic (exact) mass is 299 g/mol. The number of aromatic amines is 1. The fraction of sp³-hybridized carbons (Fsp3) is 0.500. The van der Waals surface area contributed by atoms with Gasteiger partial charge < -0.3 is 0 Å². The molecular weight excluding hydrogens is 282 g/mol. The molecular formula is C12H17N3S3. The molecule has 18 heavy (non-hydrogen) atoms. The molecule has 3 nitrogen and oxygen atoms in total. The van der Waals surface area contributed by atoms with Crippen LogP contribution in [0.5, 0.6) is 0 Å². The van der Waals surface area contributed by atoms with Crippen LogP contribution in [-0.4, -0.2) is 26.8 Å². The van der Waals surface area contributed by atoms with Crippen LogP contribution >= 0.6 is 35.3 Å². The predicted molar refractivity (Wildman–Crippen MR) is 83.0 cm³/mol. The van der Waals surface area contributed by atoms with Gasteiger partial charge in [-0.3, -0.25) is 9.67 Å². The highest BCUT2D eigenvalue weighted by Crippen LogP contribution is 2.23. The standard InChI is InChI=1S/C12H17N3S3/c1-17-8-4-2-3-7-15-11(13-14-12(15)16)10-6-5-9-18-10/h5-6,9H,2-4,7-8H2,1H3,(H,14,16). The third kappa shape index (κ3) is 3.46. The first-order chi connectivity index (χ1) is 8.83. The molecule has 0 amide bonds. The molecule has 6 heteroatoms. The predicted octanol–water partition coefficient (Wildman–Crippen LogP) is 4.20. The fourth-order valence-electron chi connectivity index (χ4n) is 1.81. The summed E-state index contributed by atoms with van der Waals surface area (Å²) in [7, 11) is 0. The Bertz CT molecular complexity index is 513. The summed E-state index contributed by atoms with van der Waals surface area (Å²) in [5.41, 5.74) is 0. The molecule has 2 aromatic heterocycles. The van der Waals surface area contributed by atoms with E-state index in [1.54, 1.807) is 11.3 Å². The molecule has 0 fully saturated rings. The SMILES string of the molecule is CSCCCCCn1c(-c2cccs2)n[nH]c1=S. The lowest BCUT2D eigenvalue weighted by Crippen LogP contribution is -2.00. The van der Waals surface area contributed by atoms with Crippen molar-refractivity contribution >= 4 is 35.3 Å². The third-order valence-electron chi connectivity index (χ3n) is 2.73. The summed E-state index contributed by atoms with van der Waals surface area (Å²) in [5, 5.41) is 9.29. The molecule has 1 N–H and O–H groups in total. The largest absolute Gasteiger partial charge is 0.299 e. The summed E-state index contributed by atoms with van der Waals surface area (Å²) in [6.45, 7) is 0.955. The van der Waals surface area contributed by atoms with Gasteiger partial charge in [0.25, 0.3) is 0 Å². The maximum atomic E-state index is 5.29. The van der Waals surface area contributed by atoms with Crippen molar-refractivity contribution in [2.45, 2.75) is 25.8 Å². The molecule has 0 aliphatic heterocycles. The maximum absolute atomic E-state index is 5.29. The van der Waals surface area contributed by atoms with E-state index in [1.165, 1.54) is 23.5 Å². The van der Waals surface area contributed by atoms with E-state index < -0.39 is 0 Å². The average Bonchev–Trinajstić information content (AvgIpc) is 2.99. The fourth-order valence-corrected chi connectivity index (χ4v) is 3.25. The topological polar surface area (TPSA) is 33.6 Å². The Kier molecular flexibility index (Phi) is 5.46. The van der Waals surface area contributed by atoms with Crippen molar-refractivity contribution in [1.29, 1.82) is 0 Å². The number of aromatic nitrogens is 3. The second kappa shape index (κ2) is 7.11. The summed E-state index contributed by atoms with van der Waals surface area (Å²) in [5.74, 6) is 2.22. The molecule has 0 bridgehead atoms. The van der Waals surface area contributed by atoms with Gasteiger partial charge in [-0.05, 0) is 48.5 Å². The van der Waals surface area contributed by atoms with Gasteiger partial charge >= 0.3 is 0 Å². The molecule has 98 valence electrons. The first-order valence-electron chi connectivity index (χ1n) is 6.01. The molecule has 0 aliphatic rings. The summed E-state index contributed by atoms with van der Waals surface area (Å²) in [6.07, 6.45) is 5.84. The van der Waals surface area contributed by atoms with Crippen molar-refractivity contribution in [3.8, 4) is 10.7 Å². The second-order valence-electron chi connectivity index (χ2n) is 4.03. The number of hydrogen-bond acceptors (Lipinski definition) is 4. The molecule has 0 spiro atoms. The number of nitrogens with zero attached hydrogens (tertiary/aromatic N) is 2. The normalized spacial score (nSPS) is 10.9. The summed E-state index contributed by atoms with van der Waals surface area (Å²) >= 11 is 8.90. The van der Waals surface area contributed by atoms with Gasteiger partial charge in [0.2, 0.25) is 0 Å². The minimum atomic E-state index is 0.725. The third-order valence-corrected chi connectivity index (χ3v) is 4.60. The molecule has 0 unspecified atom stereocenters. The van der Waals surface area contributed by atoms with Crippen LogP contribution in [0.15, 0.2) is 17.5 Å². The Balaban J connectivity index is 2.00. The van der Waals surface area contributed by atoms with E-state index in [0.29, 0.717) is 0 Å². The second-order valence-corrected chi connectivity index (χ2v) is 6.35. The summed E-state index contributed by atoms with van der Waals surface area (Å²) < 4.78 is 2.84. The lowest BCUT2D eigenvalue weighted by molar-refractivity contribution is 0.602. The van der Waals surface area contributed by atoms with Crippen molar-refractivity contribution in [1.82, 2.24) is 14.8 Å². The molecule has 0 aliphatic carbocycles. The van der Waals surface area contributed by atoms with Gasteiger partial charge in [0, 0.05) is 6.54 Å². The van der Waals surface area contributed by atoms with Crippen LogP contribution in [0, 0.1) is 4.77 Å². The highest BCUT2D eigenvalue weighted by atomic mass is 32.2. The molecule has 0 saturated heterocycles. The van der Waals surface area contributed by atoms with Crippen molar-refractivity contribution < 1.29 is 0 Å². The number of rotatable bonds is 7. The Labute approximate surface area is 121 Å².